The quantitative estimate of drug-likeness (QED) is 0.842. The standard InChI is InChI=1S/C15H22ClNO2S/c1-2-12-20(18,19)17-11-5-3-4-6-15(17)13-7-9-14(16)10-8-13/h7-10,15H,2-6,11-12H2,1H3. The van der Waals surface area contributed by atoms with Crippen LogP contribution in [0.5, 0.6) is 0 Å². The molecule has 0 radical (unpaired) electrons. The minimum absolute atomic E-state index is 0.0358. The van der Waals surface area contributed by atoms with Gasteiger partial charge in [-0.05, 0) is 37.0 Å². The number of nitrogens with zero attached hydrogens (tertiary/aromatic N) is 1. The van der Waals surface area contributed by atoms with E-state index in [-0.39, 0.29) is 11.8 Å². The smallest absolute Gasteiger partial charge is 0.212 e. The van der Waals surface area contributed by atoms with Crippen molar-refractivity contribution >= 4 is 21.6 Å². The number of rotatable bonds is 4. The molecule has 0 saturated carbocycles. The molecule has 0 spiro atoms. The van der Waals surface area contributed by atoms with Crippen molar-refractivity contribution in [3.8, 4) is 0 Å². The van der Waals surface area contributed by atoms with Crippen LogP contribution < -0.4 is 0 Å². The average Bonchev–Trinajstić information content (AvgIpc) is 2.65. The van der Waals surface area contributed by atoms with Crippen LogP contribution in [0.25, 0.3) is 0 Å². The minimum Gasteiger partial charge on any atom is -0.212 e. The van der Waals surface area contributed by atoms with E-state index in [2.05, 4.69) is 0 Å². The summed E-state index contributed by atoms with van der Waals surface area (Å²) in [5.74, 6) is 0.233. The molecule has 1 aromatic rings. The van der Waals surface area contributed by atoms with Crippen LogP contribution in [0.3, 0.4) is 0 Å². The Bertz CT molecular complexity index is 527. The summed E-state index contributed by atoms with van der Waals surface area (Å²) in [6, 6.07) is 7.55. The van der Waals surface area contributed by atoms with Crippen LogP contribution in [0.4, 0.5) is 0 Å². The van der Waals surface area contributed by atoms with Gasteiger partial charge in [-0.15, -0.1) is 0 Å². The SMILES string of the molecule is CCCS(=O)(=O)N1CCCCCC1c1ccc(Cl)cc1. The van der Waals surface area contributed by atoms with Gasteiger partial charge < -0.3 is 0 Å². The third kappa shape index (κ3) is 3.74. The van der Waals surface area contributed by atoms with Crippen LogP contribution in [0.1, 0.15) is 50.6 Å². The second-order valence-electron chi connectivity index (χ2n) is 5.34. The summed E-state index contributed by atoms with van der Waals surface area (Å²) in [5, 5.41) is 0.685. The van der Waals surface area contributed by atoms with Crippen LogP contribution in [0.2, 0.25) is 5.02 Å². The lowest BCUT2D eigenvalue weighted by molar-refractivity contribution is 0.329. The van der Waals surface area contributed by atoms with Crippen LogP contribution in [-0.4, -0.2) is 25.0 Å². The Kier molecular flexibility index (Phi) is 5.47. The van der Waals surface area contributed by atoms with Crippen molar-refractivity contribution in [1.82, 2.24) is 4.31 Å². The third-order valence-corrected chi connectivity index (χ3v) is 6.11. The monoisotopic (exact) mass is 315 g/mol. The number of benzene rings is 1. The number of sulfonamides is 1. The number of hydrogen-bond donors (Lipinski definition) is 0. The van der Waals surface area contributed by atoms with Crippen LogP contribution in [0.15, 0.2) is 24.3 Å². The number of halogens is 1. The Morgan fingerprint density at radius 3 is 2.55 bits per heavy atom. The zero-order chi connectivity index (χ0) is 14.6. The van der Waals surface area contributed by atoms with Gasteiger partial charge in [0.2, 0.25) is 10.0 Å². The van der Waals surface area contributed by atoms with Gasteiger partial charge in [-0.1, -0.05) is 43.5 Å². The first kappa shape index (κ1) is 15.8. The van der Waals surface area contributed by atoms with Crippen molar-refractivity contribution < 1.29 is 8.42 Å². The predicted molar refractivity (Wildman–Crippen MR) is 83.4 cm³/mol. The first-order chi connectivity index (χ1) is 9.54. The molecule has 0 bridgehead atoms. The maximum absolute atomic E-state index is 12.5. The molecule has 20 heavy (non-hydrogen) atoms. The van der Waals surface area contributed by atoms with Crippen molar-refractivity contribution in [1.29, 1.82) is 0 Å². The summed E-state index contributed by atoms with van der Waals surface area (Å²) in [6.07, 6.45) is 4.68. The maximum atomic E-state index is 12.5. The van der Waals surface area contributed by atoms with E-state index in [9.17, 15) is 8.42 Å². The Morgan fingerprint density at radius 2 is 1.90 bits per heavy atom. The zero-order valence-electron chi connectivity index (χ0n) is 11.9. The first-order valence-electron chi connectivity index (χ1n) is 7.29. The Labute approximate surface area is 127 Å². The third-order valence-electron chi connectivity index (χ3n) is 3.78. The van der Waals surface area contributed by atoms with Crippen molar-refractivity contribution in [2.75, 3.05) is 12.3 Å². The first-order valence-corrected chi connectivity index (χ1v) is 9.28. The predicted octanol–water partition coefficient (Wildman–Crippen LogP) is 4.00. The van der Waals surface area contributed by atoms with E-state index >= 15 is 0 Å². The molecule has 1 fully saturated rings. The molecule has 1 aromatic carbocycles. The lowest BCUT2D eigenvalue weighted by atomic mass is 10.0. The molecule has 112 valence electrons. The maximum Gasteiger partial charge on any atom is 0.214 e. The second-order valence-corrected chi connectivity index (χ2v) is 7.82. The van der Waals surface area contributed by atoms with Crippen molar-refractivity contribution in [2.24, 2.45) is 0 Å². The molecule has 1 aliphatic heterocycles. The summed E-state index contributed by atoms with van der Waals surface area (Å²) in [6.45, 7) is 2.54. The highest BCUT2D eigenvalue weighted by atomic mass is 35.5. The molecule has 1 aliphatic rings. The van der Waals surface area contributed by atoms with Crippen LogP contribution in [-0.2, 0) is 10.0 Å². The van der Waals surface area contributed by atoms with Crippen molar-refractivity contribution in [3.63, 3.8) is 0 Å². The summed E-state index contributed by atoms with van der Waals surface area (Å²) in [5.41, 5.74) is 1.05. The Balaban J connectivity index is 2.32. The fourth-order valence-electron chi connectivity index (χ4n) is 2.81. The summed E-state index contributed by atoms with van der Waals surface area (Å²) in [4.78, 5) is 0. The largest absolute Gasteiger partial charge is 0.214 e. The van der Waals surface area contributed by atoms with Gasteiger partial charge in [-0.3, -0.25) is 0 Å². The van der Waals surface area contributed by atoms with E-state index in [1.807, 2.05) is 31.2 Å². The molecule has 5 heteroatoms. The van der Waals surface area contributed by atoms with E-state index in [1.54, 1.807) is 4.31 Å². The highest BCUT2D eigenvalue weighted by molar-refractivity contribution is 7.89. The molecule has 0 aliphatic carbocycles. The normalized spacial score (nSPS) is 21.6. The fraction of sp³-hybridized carbons (Fsp3) is 0.600. The minimum atomic E-state index is -3.16. The zero-order valence-corrected chi connectivity index (χ0v) is 13.5. The molecule has 0 N–H and O–H groups in total. The highest BCUT2D eigenvalue weighted by Crippen LogP contribution is 2.33. The lowest BCUT2D eigenvalue weighted by Gasteiger charge is -2.29. The summed E-state index contributed by atoms with van der Waals surface area (Å²) in [7, 11) is -3.16. The molecular weight excluding hydrogens is 294 g/mol. The van der Waals surface area contributed by atoms with Gasteiger partial charge >= 0.3 is 0 Å². The van der Waals surface area contributed by atoms with E-state index in [4.69, 9.17) is 11.6 Å². The molecule has 1 saturated heterocycles. The number of hydrogen-bond acceptors (Lipinski definition) is 2. The topological polar surface area (TPSA) is 37.4 Å². The molecule has 3 nitrogen and oxygen atoms in total. The molecule has 0 aromatic heterocycles. The van der Waals surface area contributed by atoms with Crippen LogP contribution in [0, 0.1) is 0 Å². The molecule has 1 unspecified atom stereocenters. The molecular formula is C15H22ClNO2S. The summed E-state index contributed by atoms with van der Waals surface area (Å²) >= 11 is 5.93. The van der Waals surface area contributed by atoms with E-state index in [0.29, 0.717) is 18.0 Å². The van der Waals surface area contributed by atoms with Gasteiger partial charge in [0.1, 0.15) is 0 Å². The van der Waals surface area contributed by atoms with E-state index < -0.39 is 10.0 Å². The van der Waals surface area contributed by atoms with E-state index in [1.165, 1.54) is 0 Å². The molecule has 1 heterocycles. The average molecular weight is 316 g/mol. The molecule has 1 atom stereocenters. The van der Waals surface area contributed by atoms with Gasteiger partial charge in [0.25, 0.3) is 0 Å². The highest BCUT2D eigenvalue weighted by Gasteiger charge is 2.31. The van der Waals surface area contributed by atoms with Crippen molar-refractivity contribution in [2.45, 2.75) is 45.1 Å². The fourth-order valence-corrected chi connectivity index (χ4v) is 4.71. The second kappa shape index (κ2) is 6.92. The van der Waals surface area contributed by atoms with Gasteiger partial charge in [0.15, 0.2) is 0 Å². The van der Waals surface area contributed by atoms with Gasteiger partial charge in [-0.25, -0.2) is 8.42 Å². The van der Waals surface area contributed by atoms with Crippen molar-refractivity contribution in [3.05, 3.63) is 34.9 Å². The van der Waals surface area contributed by atoms with Crippen LogP contribution >= 0.6 is 11.6 Å². The molecule has 0 amide bonds. The Hall–Kier alpha value is -0.580. The Morgan fingerprint density at radius 1 is 1.20 bits per heavy atom. The molecule has 2 rings (SSSR count). The lowest BCUT2D eigenvalue weighted by Crippen LogP contribution is -2.36. The van der Waals surface area contributed by atoms with Gasteiger partial charge in [0.05, 0.1) is 5.75 Å². The van der Waals surface area contributed by atoms with Gasteiger partial charge in [0, 0.05) is 17.6 Å². The van der Waals surface area contributed by atoms with E-state index in [0.717, 1.165) is 31.2 Å². The summed E-state index contributed by atoms with van der Waals surface area (Å²) < 4.78 is 26.7. The van der Waals surface area contributed by atoms with Gasteiger partial charge in [-0.2, -0.15) is 4.31 Å².